The third kappa shape index (κ3) is 2.46. The summed E-state index contributed by atoms with van der Waals surface area (Å²) in [5.74, 6) is 5.44. The van der Waals surface area contributed by atoms with Gasteiger partial charge in [-0.3, -0.25) is 5.84 Å². The van der Waals surface area contributed by atoms with Crippen molar-refractivity contribution < 1.29 is 4.39 Å². The van der Waals surface area contributed by atoms with Crippen molar-refractivity contribution in [2.45, 2.75) is 26.3 Å². The second kappa shape index (κ2) is 5.61. The Kier molecular flexibility index (Phi) is 4.11. The quantitative estimate of drug-likeness (QED) is 0.657. The minimum absolute atomic E-state index is 0.143. The fourth-order valence-electron chi connectivity index (χ4n) is 2.12. The predicted octanol–water partition coefficient (Wildman–Crippen LogP) is 3.31. The van der Waals surface area contributed by atoms with E-state index in [0.29, 0.717) is 0 Å². The average Bonchev–Trinajstić information content (AvgIpc) is 2.83. The summed E-state index contributed by atoms with van der Waals surface area (Å²) in [4.78, 5) is 1.16. The van der Waals surface area contributed by atoms with Gasteiger partial charge in [0.15, 0.2) is 0 Å². The van der Waals surface area contributed by atoms with E-state index >= 15 is 0 Å². The molecule has 1 aromatic heterocycles. The first-order valence-electron chi connectivity index (χ1n) is 5.95. The van der Waals surface area contributed by atoms with Crippen LogP contribution in [0.2, 0.25) is 0 Å². The monoisotopic (exact) mass is 264 g/mol. The minimum Gasteiger partial charge on any atom is -0.271 e. The van der Waals surface area contributed by atoms with Crippen LogP contribution in [0.4, 0.5) is 4.39 Å². The number of hydrazine groups is 1. The molecule has 0 bridgehead atoms. The Bertz CT molecular complexity index is 536. The van der Waals surface area contributed by atoms with Gasteiger partial charge in [-0.05, 0) is 53.6 Å². The van der Waals surface area contributed by atoms with Crippen molar-refractivity contribution in [2.24, 2.45) is 5.84 Å². The third-order valence-electron chi connectivity index (χ3n) is 3.14. The summed E-state index contributed by atoms with van der Waals surface area (Å²) in [7, 11) is 0. The van der Waals surface area contributed by atoms with E-state index in [9.17, 15) is 4.39 Å². The Morgan fingerprint density at radius 1 is 1.39 bits per heavy atom. The van der Waals surface area contributed by atoms with Crippen molar-refractivity contribution in [3.8, 4) is 0 Å². The molecule has 0 saturated carbocycles. The molecule has 0 aliphatic heterocycles. The highest BCUT2D eigenvalue weighted by Crippen LogP contribution is 2.31. The molecule has 0 amide bonds. The van der Waals surface area contributed by atoms with Gasteiger partial charge >= 0.3 is 0 Å². The summed E-state index contributed by atoms with van der Waals surface area (Å²) < 4.78 is 13.4. The Morgan fingerprint density at radius 2 is 2.17 bits per heavy atom. The molecule has 1 aromatic carbocycles. The second-order valence-corrected chi connectivity index (χ2v) is 5.21. The number of hydrogen-bond donors (Lipinski definition) is 2. The maximum Gasteiger partial charge on any atom is 0.123 e. The molecular weight excluding hydrogens is 247 g/mol. The van der Waals surface area contributed by atoms with E-state index in [-0.39, 0.29) is 11.9 Å². The van der Waals surface area contributed by atoms with Crippen LogP contribution in [0.5, 0.6) is 0 Å². The van der Waals surface area contributed by atoms with Crippen molar-refractivity contribution in [1.29, 1.82) is 0 Å². The first-order chi connectivity index (χ1) is 8.67. The molecule has 0 radical (unpaired) electrons. The van der Waals surface area contributed by atoms with Crippen LogP contribution < -0.4 is 11.3 Å². The number of benzene rings is 1. The van der Waals surface area contributed by atoms with Gasteiger partial charge < -0.3 is 0 Å². The van der Waals surface area contributed by atoms with Crippen LogP contribution in [0.1, 0.15) is 34.5 Å². The Labute approximate surface area is 111 Å². The zero-order valence-electron chi connectivity index (χ0n) is 10.5. The lowest BCUT2D eigenvalue weighted by molar-refractivity contribution is 0.605. The van der Waals surface area contributed by atoms with Gasteiger partial charge in [0.1, 0.15) is 5.82 Å². The zero-order valence-corrected chi connectivity index (χ0v) is 11.4. The van der Waals surface area contributed by atoms with E-state index in [2.05, 4.69) is 18.4 Å². The summed E-state index contributed by atoms with van der Waals surface area (Å²) in [5.41, 5.74) is 6.00. The standard InChI is InChI=1S/C14H17FN2S/c1-3-10-6-7-18-14(10)13(17-16)12-8-11(15)5-4-9(12)2/h4-8,13,17H,3,16H2,1-2H3. The topological polar surface area (TPSA) is 38.0 Å². The Morgan fingerprint density at radius 3 is 2.83 bits per heavy atom. The number of nitrogens with two attached hydrogens (primary N) is 1. The molecular formula is C14H17FN2S. The highest BCUT2D eigenvalue weighted by atomic mass is 32.1. The zero-order chi connectivity index (χ0) is 13.1. The maximum absolute atomic E-state index is 13.4. The SMILES string of the molecule is CCc1ccsc1C(NN)c1cc(F)ccc1C. The molecule has 1 heterocycles. The van der Waals surface area contributed by atoms with Crippen LogP contribution in [0, 0.1) is 12.7 Å². The first-order valence-corrected chi connectivity index (χ1v) is 6.83. The van der Waals surface area contributed by atoms with E-state index in [4.69, 9.17) is 5.84 Å². The molecule has 0 aliphatic carbocycles. The summed E-state index contributed by atoms with van der Waals surface area (Å²) in [6.45, 7) is 4.08. The van der Waals surface area contributed by atoms with E-state index in [1.165, 1.54) is 11.6 Å². The van der Waals surface area contributed by atoms with E-state index in [1.807, 2.05) is 12.3 Å². The lowest BCUT2D eigenvalue weighted by atomic mass is 9.98. The predicted molar refractivity (Wildman–Crippen MR) is 74.0 cm³/mol. The van der Waals surface area contributed by atoms with Gasteiger partial charge in [-0.25, -0.2) is 9.82 Å². The lowest BCUT2D eigenvalue weighted by Crippen LogP contribution is -2.29. The number of halogens is 1. The van der Waals surface area contributed by atoms with Gasteiger partial charge in [0.05, 0.1) is 6.04 Å². The molecule has 18 heavy (non-hydrogen) atoms. The van der Waals surface area contributed by atoms with Crippen LogP contribution >= 0.6 is 11.3 Å². The van der Waals surface area contributed by atoms with Gasteiger partial charge in [0.25, 0.3) is 0 Å². The summed E-state index contributed by atoms with van der Waals surface area (Å²) in [5, 5.41) is 2.05. The van der Waals surface area contributed by atoms with Gasteiger partial charge in [0, 0.05) is 4.88 Å². The molecule has 0 spiro atoms. The normalized spacial score (nSPS) is 12.7. The molecule has 1 atom stereocenters. The van der Waals surface area contributed by atoms with Crippen LogP contribution in [0.25, 0.3) is 0 Å². The lowest BCUT2D eigenvalue weighted by Gasteiger charge is -2.19. The fourth-order valence-corrected chi connectivity index (χ4v) is 3.20. The van der Waals surface area contributed by atoms with Crippen LogP contribution in [0.15, 0.2) is 29.6 Å². The molecule has 2 aromatic rings. The van der Waals surface area contributed by atoms with E-state index < -0.39 is 0 Å². The summed E-state index contributed by atoms with van der Waals surface area (Å²) in [6, 6.07) is 6.77. The Hall–Kier alpha value is -1.23. The van der Waals surface area contributed by atoms with Crippen LogP contribution in [-0.2, 0) is 6.42 Å². The molecule has 4 heteroatoms. The molecule has 0 saturated heterocycles. The van der Waals surface area contributed by atoms with Crippen LogP contribution in [0.3, 0.4) is 0 Å². The number of hydrogen-bond acceptors (Lipinski definition) is 3. The summed E-state index contributed by atoms with van der Waals surface area (Å²) >= 11 is 1.65. The number of rotatable bonds is 4. The van der Waals surface area contributed by atoms with Crippen molar-refractivity contribution in [2.75, 3.05) is 0 Å². The largest absolute Gasteiger partial charge is 0.271 e. The third-order valence-corrected chi connectivity index (χ3v) is 4.17. The van der Waals surface area contributed by atoms with Crippen LogP contribution in [-0.4, -0.2) is 0 Å². The van der Waals surface area contributed by atoms with Crippen molar-refractivity contribution in [1.82, 2.24) is 5.43 Å². The molecule has 2 nitrogen and oxygen atoms in total. The minimum atomic E-state index is -0.231. The highest BCUT2D eigenvalue weighted by molar-refractivity contribution is 7.10. The van der Waals surface area contributed by atoms with Gasteiger partial charge in [-0.1, -0.05) is 13.0 Å². The average molecular weight is 264 g/mol. The van der Waals surface area contributed by atoms with Crippen molar-refractivity contribution >= 4 is 11.3 Å². The first kappa shape index (κ1) is 13.2. The summed E-state index contributed by atoms with van der Waals surface area (Å²) in [6.07, 6.45) is 0.950. The number of nitrogens with one attached hydrogen (secondary N) is 1. The molecule has 3 N–H and O–H groups in total. The fraction of sp³-hybridized carbons (Fsp3) is 0.286. The van der Waals surface area contributed by atoms with Gasteiger partial charge in [0.2, 0.25) is 0 Å². The smallest absolute Gasteiger partial charge is 0.123 e. The van der Waals surface area contributed by atoms with E-state index in [1.54, 1.807) is 23.5 Å². The second-order valence-electron chi connectivity index (χ2n) is 4.26. The number of aryl methyl sites for hydroxylation is 2. The highest BCUT2D eigenvalue weighted by Gasteiger charge is 2.19. The van der Waals surface area contributed by atoms with Crippen molar-refractivity contribution in [3.05, 3.63) is 57.0 Å². The molecule has 0 aliphatic rings. The maximum atomic E-state index is 13.4. The molecule has 2 rings (SSSR count). The number of thiophene rings is 1. The van der Waals surface area contributed by atoms with Gasteiger partial charge in [-0.2, -0.15) is 0 Å². The molecule has 0 fully saturated rings. The van der Waals surface area contributed by atoms with Gasteiger partial charge in [-0.15, -0.1) is 11.3 Å². The Balaban J connectivity index is 2.48. The molecule has 96 valence electrons. The van der Waals surface area contributed by atoms with E-state index in [0.717, 1.165) is 22.4 Å². The van der Waals surface area contributed by atoms with Crippen molar-refractivity contribution in [3.63, 3.8) is 0 Å². The molecule has 1 unspecified atom stereocenters.